The second kappa shape index (κ2) is 8.39. The van der Waals surface area contributed by atoms with Crippen LogP contribution in [-0.2, 0) is 4.79 Å². The predicted octanol–water partition coefficient (Wildman–Crippen LogP) is 4.61. The molecule has 2 amide bonds. The average molecular weight is 374 g/mol. The Morgan fingerprint density at radius 2 is 1.71 bits per heavy atom. The van der Waals surface area contributed by atoms with Gasteiger partial charge in [-0.2, -0.15) is 0 Å². The average Bonchev–Trinajstić information content (AvgIpc) is 3.17. The van der Waals surface area contributed by atoms with Crippen molar-refractivity contribution in [1.82, 2.24) is 5.32 Å². The van der Waals surface area contributed by atoms with E-state index in [4.69, 9.17) is 4.42 Å². The van der Waals surface area contributed by atoms with Crippen LogP contribution in [0.1, 0.15) is 32.8 Å². The van der Waals surface area contributed by atoms with Crippen molar-refractivity contribution in [2.24, 2.45) is 0 Å². The zero-order valence-electron chi connectivity index (χ0n) is 16.1. The number of nitrogens with one attached hydrogen (secondary N) is 2. The van der Waals surface area contributed by atoms with Gasteiger partial charge in [0.2, 0.25) is 0 Å². The van der Waals surface area contributed by atoms with Gasteiger partial charge in [0.25, 0.3) is 11.8 Å². The molecule has 1 aromatic heterocycles. The maximum atomic E-state index is 12.9. The normalized spacial score (nSPS) is 11.2. The molecule has 0 saturated heterocycles. The number of amides is 2. The molecule has 0 radical (unpaired) electrons. The number of hydrogen-bond acceptors (Lipinski definition) is 3. The maximum absolute atomic E-state index is 12.9. The van der Waals surface area contributed by atoms with Crippen LogP contribution in [0, 0.1) is 20.8 Å². The summed E-state index contributed by atoms with van der Waals surface area (Å²) in [5, 5.41) is 5.57. The van der Waals surface area contributed by atoms with E-state index in [1.54, 1.807) is 30.3 Å². The van der Waals surface area contributed by atoms with E-state index in [1.165, 1.54) is 12.3 Å². The molecular formula is C23H22N2O3. The van der Waals surface area contributed by atoms with Gasteiger partial charge >= 0.3 is 0 Å². The van der Waals surface area contributed by atoms with E-state index in [-0.39, 0.29) is 11.6 Å². The molecule has 5 heteroatoms. The van der Waals surface area contributed by atoms with Crippen LogP contribution >= 0.6 is 0 Å². The zero-order valence-corrected chi connectivity index (χ0v) is 16.1. The van der Waals surface area contributed by atoms with Gasteiger partial charge in [0.05, 0.1) is 6.26 Å². The van der Waals surface area contributed by atoms with Crippen molar-refractivity contribution in [3.8, 4) is 0 Å². The number of rotatable bonds is 5. The van der Waals surface area contributed by atoms with E-state index in [2.05, 4.69) is 10.6 Å². The zero-order chi connectivity index (χ0) is 20.1. The van der Waals surface area contributed by atoms with Crippen LogP contribution in [0.5, 0.6) is 0 Å². The topological polar surface area (TPSA) is 71.3 Å². The van der Waals surface area contributed by atoms with Gasteiger partial charge in [-0.15, -0.1) is 0 Å². The Kier molecular flexibility index (Phi) is 5.75. The van der Waals surface area contributed by atoms with Crippen molar-refractivity contribution >= 4 is 23.6 Å². The second-order valence-electron chi connectivity index (χ2n) is 6.67. The Hall–Kier alpha value is -3.60. The highest BCUT2D eigenvalue weighted by Crippen LogP contribution is 2.18. The lowest BCUT2D eigenvalue weighted by molar-refractivity contribution is -0.113. The molecule has 0 aliphatic rings. The molecule has 3 rings (SSSR count). The van der Waals surface area contributed by atoms with E-state index in [1.807, 2.05) is 45.0 Å². The molecule has 0 atom stereocenters. The van der Waals surface area contributed by atoms with Crippen LogP contribution in [0.4, 0.5) is 5.69 Å². The minimum atomic E-state index is -0.425. The Morgan fingerprint density at radius 1 is 0.929 bits per heavy atom. The smallest absolute Gasteiger partial charge is 0.272 e. The molecule has 0 aliphatic carbocycles. The molecule has 2 N–H and O–H groups in total. The van der Waals surface area contributed by atoms with Crippen LogP contribution in [0.15, 0.2) is 71.0 Å². The van der Waals surface area contributed by atoms with Crippen molar-refractivity contribution < 1.29 is 14.0 Å². The van der Waals surface area contributed by atoms with Gasteiger partial charge in [-0.25, -0.2) is 0 Å². The van der Waals surface area contributed by atoms with Crippen LogP contribution in [0.3, 0.4) is 0 Å². The number of anilines is 1. The van der Waals surface area contributed by atoms with Crippen LogP contribution in [0.25, 0.3) is 6.08 Å². The lowest BCUT2D eigenvalue weighted by Gasteiger charge is -2.13. The summed E-state index contributed by atoms with van der Waals surface area (Å²) in [6.45, 7) is 5.77. The van der Waals surface area contributed by atoms with Crippen molar-refractivity contribution in [3.05, 3.63) is 94.6 Å². The van der Waals surface area contributed by atoms with Crippen molar-refractivity contribution in [2.45, 2.75) is 20.8 Å². The van der Waals surface area contributed by atoms with E-state index in [9.17, 15) is 9.59 Å². The number of hydrogen-bond donors (Lipinski definition) is 2. The Balaban J connectivity index is 1.88. The minimum absolute atomic E-state index is 0.0994. The molecule has 0 fully saturated rings. The summed E-state index contributed by atoms with van der Waals surface area (Å²) < 4.78 is 5.31. The Labute approximate surface area is 164 Å². The van der Waals surface area contributed by atoms with Gasteiger partial charge in [-0.1, -0.05) is 29.8 Å². The van der Waals surface area contributed by atoms with Crippen molar-refractivity contribution in [2.75, 3.05) is 5.32 Å². The summed E-state index contributed by atoms with van der Waals surface area (Å²) in [6.07, 6.45) is 3.02. The molecule has 3 aromatic rings. The first-order chi connectivity index (χ1) is 13.4. The fourth-order valence-electron chi connectivity index (χ4n) is 2.71. The number of carbonyl (C=O) groups is 2. The third-order valence-corrected chi connectivity index (χ3v) is 4.24. The molecule has 0 spiro atoms. The summed E-state index contributed by atoms with van der Waals surface area (Å²) in [7, 11) is 0. The maximum Gasteiger partial charge on any atom is 0.272 e. The van der Waals surface area contributed by atoms with Crippen LogP contribution < -0.4 is 10.6 Å². The molecule has 0 aliphatic heterocycles. The number of carbonyl (C=O) groups excluding carboxylic acids is 2. The minimum Gasteiger partial charge on any atom is -0.465 e. The Morgan fingerprint density at radius 3 is 2.43 bits per heavy atom. The van der Waals surface area contributed by atoms with Gasteiger partial charge in [0, 0.05) is 17.3 Å². The van der Waals surface area contributed by atoms with Gasteiger partial charge in [0.1, 0.15) is 11.5 Å². The summed E-state index contributed by atoms with van der Waals surface area (Å²) >= 11 is 0. The first kappa shape index (κ1) is 19.2. The van der Waals surface area contributed by atoms with Gasteiger partial charge < -0.3 is 15.1 Å². The van der Waals surface area contributed by atoms with Gasteiger partial charge in [-0.3, -0.25) is 9.59 Å². The molecule has 142 valence electrons. The third kappa shape index (κ3) is 4.76. The molecular weight excluding hydrogens is 352 g/mol. The molecule has 28 heavy (non-hydrogen) atoms. The monoisotopic (exact) mass is 374 g/mol. The van der Waals surface area contributed by atoms with E-state index >= 15 is 0 Å². The first-order valence-electron chi connectivity index (χ1n) is 8.94. The summed E-state index contributed by atoms with van der Waals surface area (Å²) in [6, 6.07) is 16.4. The summed E-state index contributed by atoms with van der Waals surface area (Å²) in [5.74, 6) is -0.320. The largest absolute Gasteiger partial charge is 0.465 e. The fraction of sp³-hybridized carbons (Fsp3) is 0.130. The number of aryl methyl sites for hydroxylation is 3. The molecule has 5 nitrogen and oxygen atoms in total. The van der Waals surface area contributed by atoms with Crippen LogP contribution in [0.2, 0.25) is 0 Å². The molecule has 2 aromatic carbocycles. The highest BCUT2D eigenvalue weighted by atomic mass is 16.3. The third-order valence-electron chi connectivity index (χ3n) is 4.24. The van der Waals surface area contributed by atoms with E-state index < -0.39 is 5.91 Å². The standard InChI is InChI=1S/C23H22N2O3/c1-15-6-4-7-18(12-15)22(26)25-21(14-19-8-5-11-28-19)23(27)24-20-13-16(2)9-10-17(20)3/h4-14H,1-3H3,(H,24,27)(H,25,26)/b21-14-. The SMILES string of the molecule is Cc1cccc(C(=O)N/C(=C\c2ccco2)C(=O)Nc2cc(C)ccc2C)c1. The quantitative estimate of drug-likeness (QED) is 0.641. The highest BCUT2D eigenvalue weighted by Gasteiger charge is 2.16. The van der Waals surface area contributed by atoms with Gasteiger partial charge in [-0.05, 0) is 62.2 Å². The number of furan rings is 1. The van der Waals surface area contributed by atoms with Crippen molar-refractivity contribution in [3.63, 3.8) is 0 Å². The van der Waals surface area contributed by atoms with E-state index in [0.29, 0.717) is 17.0 Å². The van der Waals surface area contributed by atoms with E-state index in [0.717, 1.165) is 16.7 Å². The molecule has 0 unspecified atom stereocenters. The van der Waals surface area contributed by atoms with Gasteiger partial charge in [0.15, 0.2) is 0 Å². The predicted molar refractivity (Wildman–Crippen MR) is 110 cm³/mol. The lowest BCUT2D eigenvalue weighted by Crippen LogP contribution is -2.31. The Bertz CT molecular complexity index is 1030. The highest BCUT2D eigenvalue weighted by molar-refractivity contribution is 6.10. The first-order valence-corrected chi connectivity index (χ1v) is 8.94. The summed E-state index contributed by atoms with van der Waals surface area (Å²) in [5.41, 5.74) is 4.19. The van der Waals surface area contributed by atoms with Crippen molar-refractivity contribution in [1.29, 1.82) is 0 Å². The van der Waals surface area contributed by atoms with Crippen LogP contribution in [-0.4, -0.2) is 11.8 Å². The summed E-state index contributed by atoms with van der Waals surface area (Å²) in [4.78, 5) is 25.6. The second-order valence-corrected chi connectivity index (χ2v) is 6.67. The molecule has 1 heterocycles. The molecule has 0 saturated carbocycles. The lowest BCUT2D eigenvalue weighted by atomic mass is 10.1. The fourth-order valence-corrected chi connectivity index (χ4v) is 2.71. The number of benzene rings is 2. The molecule has 0 bridgehead atoms.